The van der Waals surface area contributed by atoms with Crippen molar-refractivity contribution in [3.8, 4) is 11.5 Å². The van der Waals surface area contributed by atoms with Gasteiger partial charge in [0.1, 0.15) is 60.3 Å². The molecule has 1 aromatic carbocycles. The predicted octanol–water partition coefficient (Wildman–Crippen LogP) is 0.752. The van der Waals surface area contributed by atoms with Crippen LogP contribution >= 0.6 is 0 Å². The largest absolute Gasteiger partial charge is 0.508 e. The number of phenols is 2. The van der Waals surface area contributed by atoms with E-state index in [1.54, 1.807) is 6.08 Å². The van der Waals surface area contributed by atoms with Gasteiger partial charge in [-0.15, -0.1) is 0 Å². The Morgan fingerprint density at radius 1 is 0.904 bits per heavy atom. The van der Waals surface area contributed by atoms with Crippen molar-refractivity contribution in [1.82, 2.24) is 0 Å². The number of phenolic OH excluding ortho intramolecular Hbond substituents is 2. The Kier molecular flexibility index (Phi) is 17.6. The summed E-state index contributed by atoms with van der Waals surface area (Å²) < 4.78 is 22.7. The molecule has 15 heteroatoms. The molecule has 0 bridgehead atoms. The van der Waals surface area contributed by atoms with Crippen molar-refractivity contribution >= 4 is 5.97 Å². The van der Waals surface area contributed by atoms with Crippen LogP contribution < -0.4 is 0 Å². The van der Waals surface area contributed by atoms with E-state index in [0.29, 0.717) is 12.3 Å². The van der Waals surface area contributed by atoms with Crippen molar-refractivity contribution in [3.05, 3.63) is 59.7 Å². The van der Waals surface area contributed by atoms with Crippen LogP contribution in [0.15, 0.2) is 48.6 Å². The van der Waals surface area contributed by atoms with Gasteiger partial charge in [-0.05, 0) is 49.1 Å². The lowest BCUT2D eigenvalue weighted by Gasteiger charge is -2.47. The minimum atomic E-state index is -1.89. The first kappa shape index (κ1) is 43.5. The van der Waals surface area contributed by atoms with Gasteiger partial charge in [-0.3, -0.25) is 0 Å². The average Bonchev–Trinajstić information content (AvgIpc) is 3.12. The Morgan fingerprint density at radius 2 is 1.62 bits per heavy atom. The fourth-order valence-corrected chi connectivity index (χ4v) is 6.14. The normalized spacial score (nSPS) is 31.7. The Balaban J connectivity index is 1.77. The van der Waals surface area contributed by atoms with Crippen molar-refractivity contribution in [1.29, 1.82) is 0 Å². The van der Waals surface area contributed by atoms with Gasteiger partial charge in [0.05, 0.1) is 25.9 Å². The lowest BCUT2D eigenvalue weighted by atomic mass is 9.88. The molecule has 3 rings (SSSR count). The summed E-state index contributed by atoms with van der Waals surface area (Å²) in [6.45, 7) is 3.97. The lowest BCUT2D eigenvalue weighted by molar-refractivity contribution is -0.343. The Hall–Kier alpha value is -2.93. The van der Waals surface area contributed by atoms with E-state index in [2.05, 4.69) is 26.0 Å². The Bertz CT molecular complexity index is 1330. The van der Waals surface area contributed by atoms with Gasteiger partial charge in [0, 0.05) is 17.7 Å². The molecule has 52 heavy (non-hydrogen) atoms. The van der Waals surface area contributed by atoms with E-state index in [9.17, 15) is 55.9 Å². The highest BCUT2D eigenvalue weighted by atomic mass is 16.7. The van der Waals surface area contributed by atoms with E-state index in [1.165, 1.54) is 12.2 Å². The second kappa shape index (κ2) is 21.1. The monoisotopic (exact) mass is 740 g/mol. The first-order chi connectivity index (χ1) is 24.8. The van der Waals surface area contributed by atoms with E-state index in [1.807, 2.05) is 6.92 Å². The molecule has 0 amide bonds. The molecule has 2 fully saturated rings. The number of aromatic hydroxyl groups is 2. The summed E-state index contributed by atoms with van der Waals surface area (Å²) in [6.07, 6.45) is -3.23. The summed E-state index contributed by atoms with van der Waals surface area (Å²) in [7, 11) is 0. The molecule has 1 aromatic rings. The van der Waals surface area contributed by atoms with Gasteiger partial charge >= 0.3 is 5.97 Å². The molecule has 2 saturated heterocycles. The third kappa shape index (κ3) is 11.5. The molecule has 13 unspecified atom stereocenters. The number of benzene rings is 1. The topological polar surface area (TPSA) is 256 Å². The Labute approximate surface area is 303 Å². The average molecular weight is 741 g/mol. The van der Waals surface area contributed by atoms with Crippen LogP contribution in [-0.4, -0.2) is 131 Å². The van der Waals surface area contributed by atoms with E-state index < -0.39 is 105 Å². The van der Waals surface area contributed by atoms with E-state index in [0.717, 1.165) is 43.9 Å². The number of hydrogen-bond donors (Lipinski definition) is 10. The first-order valence-electron chi connectivity index (χ1n) is 17.7. The van der Waals surface area contributed by atoms with Crippen LogP contribution in [0, 0.1) is 11.8 Å². The molecule has 15 nitrogen and oxygen atoms in total. The summed E-state index contributed by atoms with van der Waals surface area (Å²) >= 11 is 0. The number of carbonyl (C=O) groups is 1. The second-order valence-corrected chi connectivity index (χ2v) is 13.5. The quantitative estimate of drug-likeness (QED) is 0.0328. The van der Waals surface area contributed by atoms with Crippen LogP contribution in [0.3, 0.4) is 0 Å². The van der Waals surface area contributed by atoms with Crippen molar-refractivity contribution < 1.29 is 74.8 Å². The van der Waals surface area contributed by atoms with Crippen LogP contribution in [0.25, 0.3) is 0 Å². The molecule has 0 aliphatic carbocycles. The molecule has 294 valence electrons. The van der Waals surface area contributed by atoms with Gasteiger partial charge in [0.25, 0.3) is 0 Å². The highest BCUT2D eigenvalue weighted by molar-refractivity contribution is 5.82. The maximum Gasteiger partial charge on any atom is 0.331 e. The molecular weight excluding hydrogens is 684 g/mol. The fourth-order valence-electron chi connectivity index (χ4n) is 6.14. The van der Waals surface area contributed by atoms with Crippen LogP contribution in [0.2, 0.25) is 0 Å². The Morgan fingerprint density at radius 3 is 2.27 bits per heavy atom. The van der Waals surface area contributed by atoms with Crippen LogP contribution in [0.4, 0.5) is 0 Å². The smallest absolute Gasteiger partial charge is 0.331 e. The number of allylic oxidation sites excluding steroid dienone is 4. The summed E-state index contributed by atoms with van der Waals surface area (Å²) in [5.41, 5.74) is -0.219. The zero-order chi connectivity index (χ0) is 38.5. The van der Waals surface area contributed by atoms with Crippen molar-refractivity contribution in [2.75, 3.05) is 13.2 Å². The highest BCUT2D eigenvalue weighted by Gasteiger charge is 2.53. The third-order valence-corrected chi connectivity index (χ3v) is 9.57. The summed E-state index contributed by atoms with van der Waals surface area (Å²) in [6, 6.07) is 2.06. The molecule has 13 atom stereocenters. The van der Waals surface area contributed by atoms with E-state index in [4.69, 9.17) is 18.9 Å². The molecule has 10 N–H and O–H groups in total. The molecular formula is C37H56O15. The first-order valence-corrected chi connectivity index (χ1v) is 17.7. The zero-order valence-corrected chi connectivity index (χ0v) is 29.8. The van der Waals surface area contributed by atoms with Gasteiger partial charge in [-0.1, -0.05) is 57.6 Å². The molecule has 0 spiro atoms. The SMILES string of the molecule is CCC(C)C=CCCCC(C)C(O)CC=CC=CC(=O)OC1C(O)C(c2c(O)cc(O)cc2CO)OC(CO)C1OC1OC(CO)C(O)C(O)C1O. The summed E-state index contributed by atoms with van der Waals surface area (Å²) in [4.78, 5) is 13.1. The van der Waals surface area contributed by atoms with Gasteiger partial charge < -0.3 is 70.0 Å². The number of ether oxygens (including phenoxy) is 4. The van der Waals surface area contributed by atoms with E-state index >= 15 is 0 Å². The molecule has 2 heterocycles. The standard InChI is InChI=1S/C37H56O15/c1-4-20(2)11-7-5-8-12-21(3)24(42)13-9-6-10-14-28(44)51-36-33(48)35(29-22(17-38)15-23(41)16-25(29)43)49-27(19-40)34(36)52-37-32(47)31(46)30(45)26(18-39)50-37/h6-7,9-11,14-16,20-21,24,26-27,30-43,45-48H,4-5,8,12-13,17-19H2,1-3H3. The lowest BCUT2D eigenvalue weighted by Crippen LogP contribution is -2.63. The number of unbranched alkanes of at least 4 members (excludes halogenated alkanes) is 1. The molecule has 0 aromatic heterocycles. The van der Waals surface area contributed by atoms with Crippen molar-refractivity contribution in [2.45, 2.75) is 127 Å². The van der Waals surface area contributed by atoms with Gasteiger partial charge in [-0.2, -0.15) is 0 Å². The highest BCUT2D eigenvalue weighted by Crippen LogP contribution is 2.42. The van der Waals surface area contributed by atoms with Crippen LogP contribution in [0.1, 0.15) is 70.1 Å². The molecule has 0 saturated carbocycles. The number of carbonyl (C=O) groups excluding carboxylic acids is 1. The number of aliphatic hydroxyl groups excluding tert-OH is 8. The predicted molar refractivity (Wildman–Crippen MR) is 185 cm³/mol. The minimum Gasteiger partial charge on any atom is -0.508 e. The zero-order valence-electron chi connectivity index (χ0n) is 29.8. The molecule has 2 aliphatic rings. The summed E-state index contributed by atoms with van der Waals surface area (Å²) in [5.74, 6) is -1.38. The van der Waals surface area contributed by atoms with E-state index in [-0.39, 0.29) is 17.0 Å². The van der Waals surface area contributed by atoms with Gasteiger partial charge in [-0.25, -0.2) is 4.79 Å². The van der Waals surface area contributed by atoms with Gasteiger partial charge in [0.15, 0.2) is 12.4 Å². The number of rotatable bonds is 18. The summed E-state index contributed by atoms with van der Waals surface area (Å²) in [5, 5.41) is 104. The maximum absolute atomic E-state index is 13.1. The third-order valence-electron chi connectivity index (χ3n) is 9.57. The number of hydrogen-bond acceptors (Lipinski definition) is 15. The number of esters is 1. The fraction of sp³-hybridized carbons (Fsp3) is 0.649. The van der Waals surface area contributed by atoms with Crippen molar-refractivity contribution in [3.63, 3.8) is 0 Å². The molecule has 2 aliphatic heterocycles. The van der Waals surface area contributed by atoms with Crippen molar-refractivity contribution in [2.24, 2.45) is 11.8 Å². The van der Waals surface area contributed by atoms with Crippen LogP contribution in [-0.2, 0) is 30.3 Å². The second-order valence-electron chi connectivity index (χ2n) is 13.5. The van der Waals surface area contributed by atoms with Crippen LogP contribution in [0.5, 0.6) is 11.5 Å². The van der Waals surface area contributed by atoms with Gasteiger partial charge in [0.2, 0.25) is 0 Å². The minimum absolute atomic E-state index is 0.0448. The number of aliphatic hydroxyl groups is 8. The maximum atomic E-state index is 13.1. The molecule has 0 radical (unpaired) electrons.